The lowest BCUT2D eigenvalue weighted by molar-refractivity contribution is 0.0777. The van der Waals surface area contributed by atoms with Crippen LogP contribution in [0.15, 0.2) is 54.6 Å². The molecule has 4 rings (SSSR count). The molecule has 0 aliphatic carbocycles. The summed E-state index contributed by atoms with van der Waals surface area (Å²) in [5, 5.41) is 0. The van der Waals surface area contributed by atoms with Crippen LogP contribution in [0.25, 0.3) is 0 Å². The van der Waals surface area contributed by atoms with Crippen molar-refractivity contribution in [3.8, 4) is 17.2 Å². The first kappa shape index (κ1) is 20.7. The minimum Gasteiger partial charge on any atom is -0.486 e. The molecule has 160 valence electrons. The second-order valence-corrected chi connectivity index (χ2v) is 7.69. The van der Waals surface area contributed by atoms with Gasteiger partial charge in [-0.25, -0.2) is 0 Å². The van der Waals surface area contributed by atoms with Crippen molar-refractivity contribution >= 4 is 11.6 Å². The number of carbonyl (C=O) groups excluding carboxylic acids is 2. The van der Waals surface area contributed by atoms with Crippen LogP contribution < -0.4 is 14.2 Å². The zero-order chi connectivity index (χ0) is 22.0. The Bertz CT molecular complexity index is 1110. The van der Waals surface area contributed by atoms with E-state index in [0.717, 1.165) is 22.9 Å². The monoisotopic (exact) mass is 419 g/mol. The van der Waals surface area contributed by atoms with Crippen molar-refractivity contribution in [3.05, 3.63) is 77.1 Å². The van der Waals surface area contributed by atoms with Gasteiger partial charge in [-0.1, -0.05) is 12.1 Å². The number of ketones is 2. The number of nitrogens with zero attached hydrogens (tertiary/aromatic N) is 1. The number of hydrogen-bond donors (Lipinski definition) is 0. The van der Waals surface area contributed by atoms with Gasteiger partial charge in [-0.2, -0.15) is 0 Å². The average molecular weight is 419 g/mol. The van der Waals surface area contributed by atoms with Gasteiger partial charge < -0.3 is 18.8 Å². The van der Waals surface area contributed by atoms with E-state index in [1.54, 1.807) is 24.3 Å². The van der Waals surface area contributed by atoms with Crippen molar-refractivity contribution in [2.24, 2.45) is 0 Å². The first-order valence-electron chi connectivity index (χ1n) is 10.2. The highest BCUT2D eigenvalue weighted by molar-refractivity contribution is 5.98. The third kappa shape index (κ3) is 4.48. The fourth-order valence-electron chi connectivity index (χ4n) is 3.73. The van der Waals surface area contributed by atoms with Crippen LogP contribution in [0, 0.1) is 13.8 Å². The molecule has 0 radical (unpaired) electrons. The highest BCUT2D eigenvalue weighted by atomic mass is 16.6. The summed E-state index contributed by atoms with van der Waals surface area (Å²) in [6.45, 7) is 6.39. The van der Waals surface area contributed by atoms with E-state index >= 15 is 0 Å². The number of ether oxygens (including phenoxy) is 3. The van der Waals surface area contributed by atoms with Crippen molar-refractivity contribution in [1.82, 2.24) is 4.57 Å². The maximum Gasteiger partial charge on any atom is 0.202 e. The second-order valence-electron chi connectivity index (χ2n) is 7.69. The summed E-state index contributed by atoms with van der Waals surface area (Å²) in [6, 6.07) is 16.3. The topological polar surface area (TPSA) is 66.8 Å². The maximum atomic E-state index is 12.8. The molecular weight excluding hydrogens is 394 g/mol. The maximum absolute atomic E-state index is 12.8. The predicted molar refractivity (Wildman–Crippen MR) is 117 cm³/mol. The Kier molecular flexibility index (Phi) is 5.80. The Morgan fingerprint density at radius 2 is 1.77 bits per heavy atom. The van der Waals surface area contributed by atoms with Crippen LogP contribution in [0.2, 0.25) is 0 Å². The molecule has 0 saturated heterocycles. The van der Waals surface area contributed by atoms with E-state index in [9.17, 15) is 9.59 Å². The number of hydrogen-bond acceptors (Lipinski definition) is 5. The van der Waals surface area contributed by atoms with Gasteiger partial charge in [0.15, 0.2) is 30.0 Å². The molecule has 0 spiro atoms. The van der Waals surface area contributed by atoms with Crippen molar-refractivity contribution < 1.29 is 23.8 Å². The molecule has 2 heterocycles. The summed E-state index contributed by atoms with van der Waals surface area (Å²) in [7, 11) is 0. The summed E-state index contributed by atoms with van der Waals surface area (Å²) >= 11 is 0. The van der Waals surface area contributed by atoms with Crippen LogP contribution in [0.3, 0.4) is 0 Å². The molecule has 1 atom stereocenters. The number of carbonyl (C=O) groups is 2. The standard InChI is InChI=1S/C25H25NO5/c1-16-12-22(23(28)15-29-20-10-8-19(9-11-20)18(3)27)17(2)26(16)13-21-14-30-24-6-4-5-7-25(24)31-21/h4-12,21H,13-15H2,1-3H3. The predicted octanol–water partition coefficient (Wildman–Crippen LogP) is 4.41. The van der Waals surface area contributed by atoms with Crippen molar-refractivity contribution in [3.63, 3.8) is 0 Å². The van der Waals surface area contributed by atoms with Crippen LogP contribution in [0.5, 0.6) is 17.2 Å². The number of aromatic nitrogens is 1. The Hall–Kier alpha value is -3.54. The lowest BCUT2D eigenvalue weighted by Gasteiger charge is -2.27. The van der Waals surface area contributed by atoms with Gasteiger partial charge >= 0.3 is 0 Å². The van der Waals surface area contributed by atoms with Crippen molar-refractivity contribution in [1.29, 1.82) is 0 Å². The van der Waals surface area contributed by atoms with Gasteiger partial charge in [-0.3, -0.25) is 9.59 Å². The average Bonchev–Trinajstić information content (AvgIpc) is 3.06. The fourth-order valence-corrected chi connectivity index (χ4v) is 3.73. The van der Waals surface area contributed by atoms with Gasteiger partial charge in [-0.05, 0) is 63.2 Å². The molecule has 6 heteroatoms. The van der Waals surface area contributed by atoms with Crippen LogP contribution in [-0.2, 0) is 6.54 Å². The first-order chi connectivity index (χ1) is 14.9. The van der Waals surface area contributed by atoms with Crippen molar-refractivity contribution in [2.75, 3.05) is 13.2 Å². The smallest absolute Gasteiger partial charge is 0.202 e. The van der Waals surface area contributed by atoms with Gasteiger partial charge in [0.1, 0.15) is 12.4 Å². The van der Waals surface area contributed by atoms with Gasteiger partial charge in [0.2, 0.25) is 5.78 Å². The summed E-state index contributed by atoms with van der Waals surface area (Å²) in [6.07, 6.45) is -0.140. The van der Waals surface area contributed by atoms with E-state index in [1.165, 1.54) is 6.92 Å². The van der Waals surface area contributed by atoms with E-state index in [0.29, 0.717) is 30.0 Å². The fraction of sp³-hybridized carbons (Fsp3) is 0.280. The normalized spacial score (nSPS) is 14.9. The number of benzene rings is 2. The number of Topliss-reactive ketones (excluding diaryl/α,β-unsaturated/α-hetero) is 2. The summed E-state index contributed by atoms with van der Waals surface area (Å²) in [4.78, 5) is 24.2. The third-order valence-electron chi connectivity index (χ3n) is 5.46. The van der Waals surface area contributed by atoms with Gasteiger partial charge in [0.05, 0.1) is 6.54 Å². The zero-order valence-electron chi connectivity index (χ0n) is 17.9. The number of rotatable bonds is 7. The minimum atomic E-state index is -0.140. The largest absolute Gasteiger partial charge is 0.486 e. The first-order valence-corrected chi connectivity index (χ1v) is 10.2. The Balaban J connectivity index is 1.41. The molecular formula is C25H25NO5. The molecule has 1 aromatic heterocycles. The minimum absolute atomic E-state index is 0.00843. The quantitative estimate of drug-likeness (QED) is 0.531. The van der Waals surface area contributed by atoms with Crippen LogP contribution in [0.1, 0.15) is 39.0 Å². The number of aryl methyl sites for hydroxylation is 1. The molecule has 0 amide bonds. The Morgan fingerprint density at radius 1 is 1.06 bits per heavy atom. The molecule has 1 aliphatic heterocycles. The van der Waals surface area contributed by atoms with Crippen LogP contribution in [-0.4, -0.2) is 35.5 Å². The molecule has 2 aromatic carbocycles. The lowest BCUT2D eigenvalue weighted by Crippen LogP contribution is -2.33. The molecule has 0 saturated carbocycles. The SMILES string of the molecule is CC(=O)c1ccc(OCC(=O)c2cc(C)n(CC3COc4ccccc4O3)c2C)cc1. The molecule has 31 heavy (non-hydrogen) atoms. The van der Waals surface area contributed by atoms with Gasteiger partial charge in [0.25, 0.3) is 0 Å². The van der Waals surface area contributed by atoms with E-state index in [-0.39, 0.29) is 24.3 Å². The van der Waals surface area contributed by atoms with Crippen molar-refractivity contribution in [2.45, 2.75) is 33.4 Å². The summed E-state index contributed by atoms with van der Waals surface area (Å²) in [5.41, 5.74) is 3.10. The van der Waals surface area contributed by atoms with Gasteiger partial charge in [-0.15, -0.1) is 0 Å². The second kappa shape index (κ2) is 8.68. The van der Waals surface area contributed by atoms with Crippen LogP contribution in [0.4, 0.5) is 0 Å². The number of fused-ring (bicyclic) bond motifs is 1. The van der Waals surface area contributed by atoms with Crippen LogP contribution >= 0.6 is 0 Å². The van der Waals surface area contributed by atoms with E-state index in [1.807, 2.05) is 44.2 Å². The van der Waals surface area contributed by atoms with E-state index < -0.39 is 0 Å². The van der Waals surface area contributed by atoms with E-state index in [2.05, 4.69) is 4.57 Å². The highest BCUT2D eigenvalue weighted by Gasteiger charge is 2.24. The molecule has 1 aliphatic rings. The molecule has 1 unspecified atom stereocenters. The highest BCUT2D eigenvalue weighted by Crippen LogP contribution is 2.31. The summed E-state index contributed by atoms with van der Waals surface area (Å²) in [5.74, 6) is 1.94. The zero-order valence-corrected chi connectivity index (χ0v) is 17.9. The van der Waals surface area contributed by atoms with Gasteiger partial charge in [0, 0.05) is 22.5 Å². The Labute approximate surface area is 181 Å². The summed E-state index contributed by atoms with van der Waals surface area (Å²) < 4.78 is 19.6. The molecule has 3 aromatic rings. The molecule has 0 fully saturated rings. The molecule has 6 nitrogen and oxygen atoms in total. The molecule has 0 bridgehead atoms. The lowest BCUT2D eigenvalue weighted by atomic mass is 10.1. The molecule has 0 N–H and O–H groups in total. The van der Waals surface area contributed by atoms with E-state index in [4.69, 9.17) is 14.2 Å². The third-order valence-corrected chi connectivity index (χ3v) is 5.46. The number of para-hydroxylation sites is 2. The Morgan fingerprint density at radius 3 is 2.48 bits per heavy atom.